The van der Waals surface area contributed by atoms with Crippen molar-refractivity contribution in [3.63, 3.8) is 0 Å². The molecule has 0 spiro atoms. The predicted octanol–water partition coefficient (Wildman–Crippen LogP) is 3.12. The highest BCUT2D eigenvalue weighted by Gasteiger charge is 2.32. The minimum Gasteiger partial charge on any atom is -0.304 e. The minimum absolute atomic E-state index is 0.196. The van der Waals surface area contributed by atoms with Crippen molar-refractivity contribution in [3.05, 3.63) is 33.2 Å². The van der Waals surface area contributed by atoms with Gasteiger partial charge in [0.05, 0.1) is 5.56 Å². The predicted molar refractivity (Wildman–Crippen MR) is 85.7 cm³/mol. The van der Waals surface area contributed by atoms with Crippen molar-refractivity contribution < 1.29 is 18.0 Å². The van der Waals surface area contributed by atoms with Crippen LogP contribution in [0.5, 0.6) is 0 Å². The fourth-order valence-corrected chi connectivity index (χ4v) is 3.52. The molecule has 2 aromatic rings. The molecule has 0 bridgehead atoms. The quantitative estimate of drug-likeness (QED) is 0.618. The molecule has 0 radical (unpaired) electrons. The second kappa shape index (κ2) is 7.53. The van der Waals surface area contributed by atoms with E-state index in [0.717, 1.165) is 17.1 Å². The zero-order valence-corrected chi connectivity index (χ0v) is 14.4. The van der Waals surface area contributed by atoms with Gasteiger partial charge in [-0.3, -0.25) is 14.9 Å². The van der Waals surface area contributed by atoms with E-state index >= 15 is 0 Å². The molecule has 0 aromatic carbocycles. The van der Waals surface area contributed by atoms with Crippen LogP contribution in [0.1, 0.15) is 12.5 Å². The van der Waals surface area contributed by atoms with Gasteiger partial charge in [-0.2, -0.15) is 13.2 Å². The standard InChI is InChI=1S/C12H10ClF3N4O2S2/c1-2-23-11-19-18-10(24-11)17-8(21)5-20-4-6(12(14,15)16)3-7(13)9(20)22/h3-4H,2,5H2,1H3,(H,17,18,21). The molecule has 0 aliphatic rings. The van der Waals surface area contributed by atoms with Crippen molar-refractivity contribution in [3.8, 4) is 0 Å². The first-order chi connectivity index (χ1) is 11.2. The molecule has 1 N–H and O–H groups in total. The molecule has 24 heavy (non-hydrogen) atoms. The summed E-state index contributed by atoms with van der Waals surface area (Å²) in [5, 5.41) is 9.52. The summed E-state index contributed by atoms with van der Waals surface area (Å²) in [4.78, 5) is 23.7. The average molecular weight is 399 g/mol. The summed E-state index contributed by atoms with van der Waals surface area (Å²) in [5.74, 6) is 0.0671. The molecule has 1 amide bonds. The summed E-state index contributed by atoms with van der Waals surface area (Å²) in [6, 6.07) is 0.525. The van der Waals surface area contributed by atoms with Crippen molar-refractivity contribution in [2.75, 3.05) is 11.1 Å². The van der Waals surface area contributed by atoms with Gasteiger partial charge in [-0.05, 0) is 11.8 Å². The number of nitrogens with zero attached hydrogens (tertiary/aromatic N) is 3. The third kappa shape index (κ3) is 4.71. The van der Waals surface area contributed by atoms with Gasteiger partial charge in [0.15, 0.2) is 4.34 Å². The van der Waals surface area contributed by atoms with Crippen LogP contribution in [0.2, 0.25) is 5.02 Å². The zero-order chi connectivity index (χ0) is 17.9. The molecular weight excluding hydrogens is 389 g/mol. The number of alkyl halides is 3. The molecule has 130 valence electrons. The molecule has 0 unspecified atom stereocenters. The number of amides is 1. The van der Waals surface area contributed by atoms with Crippen LogP contribution in [-0.4, -0.2) is 26.4 Å². The maximum absolute atomic E-state index is 12.7. The highest BCUT2D eigenvalue weighted by atomic mass is 35.5. The first-order valence-electron chi connectivity index (χ1n) is 6.44. The molecule has 2 heterocycles. The Kier molecular flexibility index (Phi) is 5.88. The monoisotopic (exact) mass is 398 g/mol. The molecule has 0 fully saturated rings. The van der Waals surface area contributed by atoms with E-state index < -0.39 is 34.8 Å². The van der Waals surface area contributed by atoms with Gasteiger partial charge in [-0.25, -0.2) is 0 Å². The van der Waals surface area contributed by atoms with Crippen molar-refractivity contribution in [2.45, 2.75) is 24.0 Å². The molecule has 2 aromatic heterocycles. The van der Waals surface area contributed by atoms with Crippen molar-refractivity contribution >= 4 is 45.7 Å². The number of nitrogens with one attached hydrogen (secondary N) is 1. The van der Waals surface area contributed by atoms with Crippen LogP contribution in [0.15, 0.2) is 21.4 Å². The van der Waals surface area contributed by atoms with E-state index in [1.165, 1.54) is 11.8 Å². The molecular formula is C12H10ClF3N4O2S2. The van der Waals surface area contributed by atoms with Gasteiger partial charge < -0.3 is 4.57 Å². The second-order valence-corrected chi connectivity index (χ2v) is 7.26. The Morgan fingerprint density at radius 3 is 2.79 bits per heavy atom. The summed E-state index contributed by atoms with van der Waals surface area (Å²) < 4.78 is 39.5. The van der Waals surface area contributed by atoms with Crippen LogP contribution in [0.4, 0.5) is 18.3 Å². The summed E-state index contributed by atoms with van der Waals surface area (Å²) in [6.07, 6.45) is -4.13. The lowest BCUT2D eigenvalue weighted by molar-refractivity contribution is -0.138. The van der Waals surface area contributed by atoms with Crippen LogP contribution in [0.25, 0.3) is 0 Å². The molecule has 0 saturated heterocycles. The number of aromatic nitrogens is 3. The molecule has 0 atom stereocenters. The molecule has 0 aliphatic carbocycles. The lowest BCUT2D eigenvalue weighted by Crippen LogP contribution is -2.29. The Hall–Kier alpha value is -1.59. The minimum atomic E-state index is -4.68. The summed E-state index contributed by atoms with van der Waals surface area (Å²) >= 11 is 8.08. The Bertz CT molecular complexity index is 806. The number of anilines is 1. The van der Waals surface area contributed by atoms with Gasteiger partial charge in [0.2, 0.25) is 11.0 Å². The van der Waals surface area contributed by atoms with Crippen LogP contribution in [0.3, 0.4) is 0 Å². The lowest BCUT2D eigenvalue weighted by Gasteiger charge is -2.11. The van der Waals surface area contributed by atoms with Gasteiger partial charge in [0, 0.05) is 6.20 Å². The fourth-order valence-electron chi connectivity index (χ4n) is 1.63. The Labute approximate surface area is 147 Å². The van der Waals surface area contributed by atoms with Crippen LogP contribution >= 0.6 is 34.7 Å². The summed E-state index contributed by atoms with van der Waals surface area (Å²) in [5.41, 5.74) is -2.00. The first-order valence-corrected chi connectivity index (χ1v) is 8.62. The summed E-state index contributed by atoms with van der Waals surface area (Å²) in [6.45, 7) is 1.30. The Balaban J connectivity index is 2.16. The van der Waals surface area contributed by atoms with Gasteiger partial charge in [-0.1, -0.05) is 41.6 Å². The van der Waals surface area contributed by atoms with Crippen LogP contribution < -0.4 is 10.9 Å². The third-order valence-corrected chi connectivity index (χ3v) is 4.73. The number of pyridine rings is 1. The molecule has 12 heteroatoms. The van der Waals surface area contributed by atoms with E-state index in [2.05, 4.69) is 15.5 Å². The van der Waals surface area contributed by atoms with Gasteiger partial charge in [0.1, 0.15) is 11.6 Å². The number of carbonyl (C=O) groups excluding carboxylic acids is 1. The lowest BCUT2D eigenvalue weighted by atomic mass is 10.2. The maximum Gasteiger partial charge on any atom is 0.417 e. The zero-order valence-electron chi connectivity index (χ0n) is 12.1. The first kappa shape index (κ1) is 18.7. The molecule has 0 saturated carbocycles. The van der Waals surface area contributed by atoms with E-state index in [-0.39, 0.29) is 5.13 Å². The third-order valence-electron chi connectivity index (χ3n) is 2.60. The second-order valence-electron chi connectivity index (χ2n) is 4.36. The van der Waals surface area contributed by atoms with E-state index in [9.17, 15) is 22.8 Å². The smallest absolute Gasteiger partial charge is 0.304 e. The van der Waals surface area contributed by atoms with Crippen LogP contribution in [0, 0.1) is 0 Å². The topological polar surface area (TPSA) is 76.9 Å². The number of halogens is 4. The molecule has 6 nitrogen and oxygen atoms in total. The molecule has 2 rings (SSSR count). The number of carbonyl (C=O) groups is 1. The van der Waals surface area contributed by atoms with Gasteiger partial charge in [0.25, 0.3) is 5.56 Å². The molecule has 0 aliphatic heterocycles. The number of rotatable bonds is 5. The van der Waals surface area contributed by atoms with Crippen molar-refractivity contribution in [1.82, 2.24) is 14.8 Å². The number of hydrogen-bond donors (Lipinski definition) is 1. The fraction of sp³-hybridized carbons (Fsp3) is 0.333. The average Bonchev–Trinajstić information content (AvgIpc) is 2.90. The van der Waals surface area contributed by atoms with E-state index in [0.29, 0.717) is 21.2 Å². The number of hydrogen-bond acceptors (Lipinski definition) is 6. The Morgan fingerprint density at radius 1 is 1.46 bits per heavy atom. The van der Waals surface area contributed by atoms with E-state index in [1.807, 2.05) is 6.92 Å². The van der Waals surface area contributed by atoms with Gasteiger partial charge >= 0.3 is 6.18 Å². The normalized spacial score (nSPS) is 11.5. The summed E-state index contributed by atoms with van der Waals surface area (Å²) in [7, 11) is 0. The SMILES string of the molecule is CCSc1nnc(NC(=O)Cn2cc(C(F)(F)F)cc(Cl)c2=O)s1. The van der Waals surface area contributed by atoms with E-state index in [4.69, 9.17) is 11.6 Å². The van der Waals surface area contributed by atoms with Crippen molar-refractivity contribution in [2.24, 2.45) is 0 Å². The van der Waals surface area contributed by atoms with E-state index in [1.54, 1.807) is 0 Å². The Morgan fingerprint density at radius 2 is 2.17 bits per heavy atom. The van der Waals surface area contributed by atoms with Crippen LogP contribution in [-0.2, 0) is 17.5 Å². The maximum atomic E-state index is 12.7. The largest absolute Gasteiger partial charge is 0.417 e. The highest BCUT2D eigenvalue weighted by molar-refractivity contribution is 8.01. The van der Waals surface area contributed by atoms with Gasteiger partial charge in [-0.15, -0.1) is 10.2 Å². The highest BCUT2D eigenvalue weighted by Crippen LogP contribution is 2.29. The number of thioether (sulfide) groups is 1. The van der Waals surface area contributed by atoms with Crippen molar-refractivity contribution in [1.29, 1.82) is 0 Å².